The molecule has 4 heteroatoms. The second-order valence-corrected chi connectivity index (χ2v) is 5.75. The van der Waals surface area contributed by atoms with Gasteiger partial charge in [0.05, 0.1) is 33.9 Å². The summed E-state index contributed by atoms with van der Waals surface area (Å²) < 4.78 is 15.5. The highest BCUT2D eigenvalue weighted by Gasteiger charge is 2.30. The minimum Gasteiger partial charge on any atom is -0.348 e. The second kappa shape index (κ2) is 2.77. The van der Waals surface area contributed by atoms with Crippen molar-refractivity contribution in [3.63, 3.8) is 0 Å². The number of thiophene rings is 2. The van der Waals surface area contributed by atoms with E-state index in [2.05, 4.69) is 9.80 Å². The van der Waals surface area contributed by atoms with Crippen LogP contribution in [0.25, 0.3) is 0 Å². The van der Waals surface area contributed by atoms with Crippen molar-refractivity contribution < 1.29 is 2.74 Å². The van der Waals surface area contributed by atoms with Crippen LogP contribution in [0.3, 0.4) is 0 Å². The number of rotatable bonds is 0. The summed E-state index contributed by atoms with van der Waals surface area (Å²) in [4.78, 5) is 7.19. The molecular formula is C11H10N2S2. The van der Waals surface area contributed by atoms with Crippen molar-refractivity contribution in [2.45, 2.75) is 13.1 Å². The Balaban J connectivity index is 1.85. The van der Waals surface area contributed by atoms with Crippen LogP contribution in [-0.4, -0.2) is 6.67 Å². The molecule has 0 amide bonds. The second-order valence-electron chi connectivity index (χ2n) is 3.88. The van der Waals surface area contributed by atoms with E-state index in [0.717, 1.165) is 19.8 Å². The molecule has 2 nitrogen and oxygen atoms in total. The SMILES string of the molecule is [2H]c1cc2c(s1)CN1CN2Cc2sc([2H])cc21. The van der Waals surface area contributed by atoms with Gasteiger partial charge < -0.3 is 9.80 Å². The maximum absolute atomic E-state index is 7.75. The van der Waals surface area contributed by atoms with E-state index in [4.69, 9.17) is 2.74 Å². The van der Waals surface area contributed by atoms with Crippen molar-refractivity contribution in [2.24, 2.45) is 0 Å². The molecule has 0 saturated heterocycles. The third kappa shape index (κ3) is 1.03. The summed E-state index contributed by atoms with van der Waals surface area (Å²) >= 11 is 3.14. The quantitative estimate of drug-likeness (QED) is 0.693. The van der Waals surface area contributed by atoms with Gasteiger partial charge in [0.2, 0.25) is 0 Å². The average molecular weight is 236 g/mol. The summed E-state index contributed by atoms with van der Waals surface area (Å²) in [5.74, 6) is 0. The van der Waals surface area contributed by atoms with Crippen LogP contribution in [0.2, 0.25) is 0 Å². The van der Waals surface area contributed by atoms with Gasteiger partial charge >= 0.3 is 0 Å². The zero-order valence-corrected chi connectivity index (χ0v) is 9.62. The Morgan fingerprint density at radius 3 is 2.07 bits per heavy atom. The lowest BCUT2D eigenvalue weighted by Crippen LogP contribution is -2.44. The summed E-state index contributed by atoms with van der Waals surface area (Å²) in [6.45, 7) is 2.67. The average Bonchev–Trinajstić information content (AvgIpc) is 2.81. The highest BCUT2D eigenvalue weighted by molar-refractivity contribution is 7.11. The van der Waals surface area contributed by atoms with Gasteiger partial charge in [0.15, 0.2) is 0 Å². The number of anilines is 2. The first-order chi connectivity index (χ1) is 8.20. The molecule has 0 spiro atoms. The Bertz CT molecular complexity index is 552. The third-order valence-corrected chi connectivity index (χ3v) is 4.66. The summed E-state index contributed by atoms with van der Waals surface area (Å²) in [6.07, 6.45) is 0. The largest absolute Gasteiger partial charge is 0.348 e. The first-order valence-electron chi connectivity index (χ1n) is 5.89. The minimum absolute atomic E-state index is 0.647. The standard InChI is InChI=1S/C11H10N2S2/c1-3-14-10-5-13-7-12(8(1)10)6-11-9(13)2-4-15-11/h1-4H,5-7H2/i3D,4D. The van der Waals surface area contributed by atoms with Crippen LogP contribution >= 0.6 is 22.7 Å². The van der Waals surface area contributed by atoms with E-state index >= 15 is 0 Å². The predicted octanol–water partition coefficient (Wildman–Crippen LogP) is 3.11. The molecule has 2 aromatic heterocycles. The predicted molar refractivity (Wildman–Crippen MR) is 65.9 cm³/mol. The summed E-state index contributed by atoms with van der Waals surface area (Å²) in [5.41, 5.74) is 2.45. The number of hydrogen-bond acceptors (Lipinski definition) is 4. The topological polar surface area (TPSA) is 6.48 Å². The lowest BCUT2D eigenvalue weighted by atomic mass is 10.2. The minimum atomic E-state index is 0.647. The van der Waals surface area contributed by atoms with Gasteiger partial charge in [-0.2, -0.15) is 0 Å². The summed E-state index contributed by atoms with van der Waals surface area (Å²) in [6, 6.07) is 3.94. The van der Waals surface area contributed by atoms with E-state index in [9.17, 15) is 0 Å². The van der Waals surface area contributed by atoms with E-state index in [0.29, 0.717) is 10.7 Å². The van der Waals surface area contributed by atoms with Crippen LogP contribution in [0, 0.1) is 0 Å². The molecule has 0 saturated carbocycles. The zero-order valence-electron chi connectivity index (χ0n) is 9.99. The van der Waals surface area contributed by atoms with Crippen molar-refractivity contribution in [3.8, 4) is 0 Å². The van der Waals surface area contributed by atoms with E-state index in [1.165, 1.54) is 21.1 Å². The Kier molecular flexibility index (Phi) is 1.21. The van der Waals surface area contributed by atoms with Gasteiger partial charge in [-0.25, -0.2) is 0 Å². The molecule has 15 heavy (non-hydrogen) atoms. The first kappa shape index (κ1) is 6.55. The number of fused-ring (bicyclic) bond motifs is 6. The van der Waals surface area contributed by atoms with Crippen LogP contribution in [-0.2, 0) is 13.1 Å². The van der Waals surface area contributed by atoms with Gasteiger partial charge in [0.1, 0.15) is 0 Å². The van der Waals surface area contributed by atoms with Gasteiger partial charge in [0.25, 0.3) is 0 Å². The molecule has 2 bridgehead atoms. The van der Waals surface area contributed by atoms with Crippen molar-refractivity contribution >= 4 is 34.0 Å². The van der Waals surface area contributed by atoms with E-state index in [1.807, 2.05) is 12.1 Å². The fraction of sp³-hybridized carbons (Fsp3) is 0.273. The molecule has 0 atom stereocenters. The molecule has 4 heterocycles. The lowest BCUT2D eigenvalue weighted by molar-refractivity contribution is 0.666. The van der Waals surface area contributed by atoms with Gasteiger partial charge in [0, 0.05) is 9.75 Å². The van der Waals surface area contributed by atoms with Crippen LogP contribution in [0.1, 0.15) is 12.5 Å². The first-order valence-corrected chi connectivity index (χ1v) is 6.52. The molecule has 0 aliphatic carbocycles. The maximum atomic E-state index is 7.75. The fourth-order valence-corrected chi connectivity index (χ4v) is 3.97. The van der Waals surface area contributed by atoms with E-state index < -0.39 is 0 Å². The molecular weight excluding hydrogens is 224 g/mol. The van der Waals surface area contributed by atoms with E-state index in [-0.39, 0.29) is 0 Å². The van der Waals surface area contributed by atoms with Crippen LogP contribution in [0.15, 0.2) is 22.8 Å². The molecule has 0 aromatic carbocycles. The fourth-order valence-electron chi connectivity index (χ4n) is 2.32. The summed E-state index contributed by atoms with van der Waals surface area (Å²) in [5, 5.41) is 1.29. The van der Waals surface area contributed by atoms with Crippen LogP contribution in [0.5, 0.6) is 0 Å². The number of nitrogens with zero attached hydrogens (tertiary/aromatic N) is 2. The normalized spacial score (nSPS) is 19.5. The van der Waals surface area contributed by atoms with Crippen LogP contribution in [0.4, 0.5) is 11.4 Å². The molecule has 2 aliphatic heterocycles. The monoisotopic (exact) mass is 236 g/mol. The third-order valence-electron chi connectivity index (χ3n) is 3.02. The highest BCUT2D eigenvalue weighted by Crippen LogP contribution is 2.41. The Labute approximate surface area is 99.2 Å². The lowest BCUT2D eigenvalue weighted by Gasteiger charge is -2.42. The molecule has 0 fully saturated rings. The Morgan fingerprint density at radius 2 is 1.53 bits per heavy atom. The van der Waals surface area contributed by atoms with E-state index in [1.54, 1.807) is 22.7 Å². The molecule has 2 aliphatic rings. The smallest absolute Gasteiger partial charge is 0.0911 e. The summed E-state index contributed by atoms with van der Waals surface area (Å²) in [7, 11) is 0. The Morgan fingerprint density at radius 1 is 1.00 bits per heavy atom. The van der Waals surface area contributed by atoms with Gasteiger partial charge in [-0.05, 0) is 22.8 Å². The maximum Gasteiger partial charge on any atom is 0.0911 e. The zero-order chi connectivity index (χ0) is 11.6. The molecule has 0 unspecified atom stereocenters. The molecule has 4 rings (SSSR count). The Hall–Kier alpha value is -1.00. The van der Waals surface area contributed by atoms with Gasteiger partial charge in [-0.3, -0.25) is 0 Å². The van der Waals surface area contributed by atoms with Crippen LogP contribution < -0.4 is 9.80 Å². The van der Waals surface area contributed by atoms with Crippen molar-refractivity contribution in [1.82, 2.24) is 0 Å². The molecule has 76 valence electrons. The van der Waals surface area contributed by atoms with Gasteiger partial charge in [-0.1, -0.05) is 0 Å². The van der Waals surface area contributed by atoms with Crippen molar-refractivity contribution in [2.75, 3.05) is 16.5 Å². The van der Waals surface area contributed by atoms with Gasteiger partial charge in [-0.15, -0.1) is 22.7 Å². The number of hydrogen-bond donors (Lipinski definition) is 0. The molecule has 0 N–H and O–H groups in total. The highest BCUT2D eigenvalue weighted by atomic mass is 32.1. The van der Waals surface area contributed by atoms with Crippen molar-refractivity contribution in [3.05, 3.63) is 32.6 Å². The van der Waals surface area contributed by atoms with Crippen molar-refractivity contribution in [1.29, 1.82) is 0 Å². The molecule has 0 radical (unpaired) electrons. The molecule has 2 aromatic rings.